The third kappa shape index (κ3) is 5.86. The second kappa shape index (κ2) is 7.55. The second-order valence-corrected chi connectivity index (χ2v) is 2.20. The van der Waals surface area contributed by atoms with E-state index in [9.17, 15) is 0 Å². The highest BCUT2D eigenvalue weighted by molar-refractivity contribution is 4.87. The molecule has 11 heavy (non-hydrogen) atoms. The number of aliphatic hydroxyl groups excluding tert-OH is 1. The molecule has 0 bridgehead atoms. The van der Waals surface area contributed by atoms with Gasteiger partial charge in [-0.2, -0.15) is 0 Å². The smallest absolute Gasteiger partial charge is 0.0600 e. The summed E-state index contributed by atoms with van der Waals surface area (Å²) in [6.45, 7) is 2.77. The fourth-order valence-electron chi connectivity index (χ4n) is 0.761. The van der Waals surface area contributed by atoms with Gasteiger partial charge in [0.1, 0.15) is 0 Å². The van der Waals surface area contributed by atoms with Crippen LogP contribution in [0.1, 0.15) is 0 Å². The SMILES string of the molecule is C#CCN(CCO)CCOC. The van der Waals surface area contributed by atoms with E-state index in [4.69, 9.17) is 16.3 Å². The van der Waals surface area contributed by atoms with Crippen molar-refractivity contribution in [1.82, 2.24) is 4.90 Å². The number of methoxy groups -OCH3 is 1. The van der Waals surface area contributed by atoms with Crippen LogP contribution >= 0.6 is 0 Å². The summed E-state index contributed by atoms with van der Waals surface area (Å²) < 4.78 is 4.87. The van der Waals surface area contributed by atoms with E-state index in [2.05, 4.69) is 5.92 Å². The highest BCUT2D eigenvalue weighted by Gasteiger charge is 1.99. The molecule has 0 saturated heterocycles. The predicted molar refractivity (Wildman–Crippen MR) is 44.2 cm³/mol. The Morgan fingerprint density at radius 2 is 2.27 bits per heavy atom. The molecule has 0 saturated carbocycles. The molecule has 0 spiro atoms. The van der Waals surface area contributed by atoms with Crippen LogP contribution in [0.25, 0.3) is 0 Å². The van der Waals surface area contributed by atoms with Crippen molar-refractivity contribution in [1.29, 1.82) is 0 Å². The Bertz CT molecular complexity index is 120. The average Bonchev–Trinajstić information content (AvgIpc) is 2.01. The van der Waals surface area contributed by atoms with Gasteiger partial charge >= 0.3 is 0 Å². The van der Waals surface area contributed by atoms with Crippen LogP contribution in [0.2, 0.25) is 0 Å². The summed E-state index contributed by atoms with van der Waals surface area (Å²) in [5.41, 5.74) is 0. The van der Waals surface area contributed by atoms with Gasteiger partial charge in [0.25, 0.3) is 0 Å². The molecule has 0 heterocycles. The van der Waals surface area contributed by atoms with E-state index in [0.29, 0.717) is 19.7 Å². The van der Waals surface area contributed by atoms with Gasteiger partial charge in [0.2, 0.25) is 0 Å². The zero-order valence-corrected chi connectivity index (χ0v) is 6.92. The Morgan fingerprint density at radius 1 is 1.55 bits per heavy atom. The van der Waals surface area contributed by atoms with Crippen LogP contribution in [0, 0.1) is 12.3 Å². The van der Waals surface area contributed by atoms with Gasteiger partial charge in [-0.1, -0.05) is 5.92 Å². The van der Waals surface area contributed by atoms with Gasteiger partial charge in [-0.15, -0.1) is 6.42 Å². The first-order valence-electron chi connectivity index (χ1n) is 3.60. The van der Waals surface area contributed by atoms with Gasteiger partial charge in [0, 0.05) is 20.2 Å². The molecule has 0 rings (SSSR count). The Hall–Kier alpha value is -0.560. The number of rotatable bonds is 6. The summed E-state index contributed by atoms with van der Waals surface area (Å²) in [4.78, 5) is 1.96. The first-order chi connectivity index (χ1) is 5.35. The first-order valence-corrected chi connectivity index (χ1v) is 3.60. The number of nitrogens with zero attached hydrogens (tertiary/aromatic N) is 1. The number of hydrogen-bond donors (Lipinski definition) is 1. The van der Waals surface area contributed by atoms with Crippen molar-refractivity contribution in [3.05, 3.63) is 0 Å². The molecule has 0 radical (unpaired) electrons. The number of aliphatic hydroxyl groups is 1. The summed E-state index contributed by atoms with van der Waals surface area (Å²) in [6.07, 6.45) is 5.12. The third-order valence-corrected chi connectivity index (χ3v) is 1.34. The molecule has 0 aliphatic rings. The molecule has 3 nitrogen and oxygen atoms in total. The van der Waals surface area contributed by atoms with E-state index in [0.717, 1.165) is 6.54 Å². The number of terminal acetylenes is 1. The molecule has 3 heteroatoms. The summed E-state index contributed by atoms with van der Waals surface area (Å²) in [5.74, 6) is 2.52. The predicted octanol–water partition coefficient (Wildman–Crippen LogP) is -0.440. The van der Waals surface area contributed by atoms with Crippen LogP contribution < -0.4 is 0 Å². The fraction of sp³-hybridized carbons (Fsp3) is 0.750. The second-order valence-electron chi connectivity index (χ2n) is 2.20. The molecule has 0 aromatic carbocycles. The molecular formula is C8H15NO2. The minimum atomic E-state index is 0.144. The van der Waals surface area contributed by atoms with Crippen molar-refractivity contribution in [2.75, 3.05) is 40.0 Å². The van der Waals surface area contributed by atoms with E-state index >= 15 is 0 Å². The molecule has 0 atom stereocenters. The Balaban J connectivity index is 3.44. The number of hydrogen-bond acceptors (Lipinski definition) is 3. The average molecular weight is 157 g/mol. The third-order valence-electron chi connectivity index (χ3n) is 1.34. The van der Waals surface area contributed by atoms with Crippen molar-refractivity contribution in [3.63, 3.8) is 0 Å². The molecule has 0 fully saturated rings. The van der Waals surface area contributed by atoms with Crippen molar-refractivity contribution in [2.45, 2.75) is 0 Å². The van der Waals surface area contributed by atoms with Gasteiger partial charge < -0.3 is 9.84 Å². The molecule has 0 aliphatic carbocycles. The molecule has 64 valence electrons. The van der Waals surface area contributed by atoms with Gasteiger partial charge in [-0.3, -0.25) is 4.90 Å². The molecule has 0 amide bonds. The summed E-state index contributed by atoms with van der Waals surface area (Å²) >= 11 is 0. The van der Waals surface area contributed by atoms with E-state index in [1.54, 1.807) is 7.11 Å². The molecule has 0 aromatic rings. The van der Waals surface area contributed by atoms with Crippen LogP contribution in [0.3, 0.4) is 0 Å². The zero-order valence-electron chi connectivity index (χ0n) is 6.92. The highest BCUT2D eigenvalue weighted by Crippen LogP contribution is 1.85. The van der Waals surface area contributed by atoms with E-state index in [1.807, 2.05) is 4.90 Å². The van der Waals surface area contributed by atoms with E-state index in [-0.39, 0.29) is 6.61 Å². The summed E-state index contributed by atoms with van der Waals surface area (Å²) in [5, 5.41) is 8.61. The van der Waals surface area contributed by atoms with Crippen molar-refractivity contribution in [2.24, 2.45) is 0 Å². The minimum absolute atomic E-state index is 0.144. The maximum Gasteiger partial charge on any atom is 0.0600 e. The largest absolute Gasteiger partial charge is 0.395 e. The normalized spacial score (nSPS) is 10.0. The lowest BCUT2D eigenvalue weighted by Crippen LogP contribution is -2.30. The highest BCUT2D eigenvalue weighted by atomic mass is 16.5. The van der Waals surface area contributed by atoms with Gasteiger partial charge in [-0.05, 0) is 0 Å². The Kier molecular flexibility index (Phi) is 7.16. The maximum atomic E-state index is 8.61. The van der Waals surface area contributed by atoms with Crippen molar-refractivity contribution in [3.8, 4) is 12.3 Å². The lowest BCUT2D eigenvalue weighted by molar-refractivity contribution is 0.139. The number of ether oxygens (including phenoxy) is 1. The molecular weight excluding hydrogens is 142 g/mol. The minimum Gasteiger partial charge on any atom is -0.395 e. The lowest BCUT2D eigenvalue weighted by Gasteiger charge is -2.17. The first kappa shape index (κ1) is 10.4. The topological polar surface area (TPSA) is 32.7 Å². The standard InChI is InChI=1S/C8H15NO2/c1-3-4-9(5-7-10)6-8-11-2/h1,10H,4-8H2,2H3. The van der Waals surface area contributed by atoms with Crippen LogP contribution in [0.15, 0.2) is 0 Å². The van der Waals surface area contributed by atoms with Crippen molar-refractivity contribution >= 4 is 0 Å². The van der Waals surface area contributed by atoms with Crippen LogP contribution in [-0.2, 0) is 4.74 Å². The molecule has 0 aliphatic heterocycles. The molecule has 0 unspecified atom stereocenters. The molecule has 0 aromatic heterocycles. The maximum absolute atomic E-state index is 8.61. The summed E-state index contributed by atoms with van der Waals surface area (Å²) in [7, 11) is 1.65. The quantitative estimate of drug-likeness (QED) is 0.531. The lowest BCUT2D eigenvalue weighted by atomic mass is 10.4. The van der Waals surface area contributed by atoms with Gasteiger partial charge in [-0.25, -0.2) is 0 Å². The fourth-order valence-corrected chi connectivity index (χ4v) is 0.761. The van der Waals surface area contributed by atoms with Gasteiger partial charge in [0.15, 0.2) is 0 Å². The van der Waals surface area contributed by atoms with E-state index < -0.39 is 0 Å². The van der Waals surface area contributed by atoms with Crippen LogP contribution in [0.5, 0.6) is 0 Å². The van der Waals surface area contributed by atoms with Crippen LogP contribution in [-0.4, -0.2) is 50.0 Å². The Morgan fingerprint density at radius 3 is 2.73 bits per heavy atom. The van der Waals surface area contributed by atoms with E-state index in [1.165, 1.54) is 0 Å². The van der Waals surface area contributed by atoms with Crippen molar-refractivity contribution < 1.29 is 9.84 Å². The summed E-state index contributed by atoms with van der Waals surface area (Å²) in [6, 6.07) is 0. The monoisotopic (exact) mass is 157 g/mol. The zero-order chi connectivity index (χ0) is 8.53. The Labute approximate surface area is 68.0 Å². The molecule has 1 N–H and O–H groups in total. The van der Waals surface area contributed by atoms with Gasteiger partial charge in [0.05, 0.1) is 19.8 Å². The van der Waals surface area contributed by atoms with Crippen LogP contribution in [0.4, 0.5) is 0 Å².